The lowest BCUT2D eigenvalue weighted by Crippen LogP contribution is -2.06. The van der Waals surface area contributed by atoms with Gasteiger partial charge in [-0.05, 0) is 51.9 Å². The molecule has 1 heterocycles. The van der Waals surface area contributed by atoms with Crippen LogP contribution >= 0.6 is 0 Å². The van der Waals surface area contributed by atoms with E-state index in [4.69, 9.17) is 5.11 Å². The van der Waals surface area contributed by atoms with Crippen molar-refractivity contribution in [3.05, 3.63) is 102 Å². The molecule has 34 heavy (non-hydrogen) atoms. The minimum atomic E-state index is -4.49. The molecule has 0 unspecified atom stereocenters. The zero-order valence-electron chi connectivity index (χ0n) is 17.6. The van der Waals surface area contributed by atoms with Crippen LogP contribution < -0.4 is 0 Å². The van der Waals surface area contributed by atoms with E-state index in [1.807, 2.05) is 54.6 Å². The van der Waals surface area contributed by atoms with Gasteiger partial charge in [-0.25, -0.2) is 9.48 Å². The summed E-state index contributed by atoms with van der Waals surface area (Å²) in [6.45, 7) is 0. The van der Waals surface area contributed by atoms with Crippen molar-refractivity contribution in [3.8, 4) is 16.9 Å². The summed E-state index contributed by atoms with van der Waals surface area (Å²) in [6, 6.07) is 22.7. The fourth-order valence-electron chi connectivity index (χ4n) is 4.01. The van der Waals surface area contributed by atoms with E-state index in [9.17, 15) is 18.0 Å². The van der Waals surface area contributed by atoms with Crippen LogP contribution in [0.2, 0.25) is 0 Å². The largest absolute Gasteiger partial charge is 0.478 e. The average Bonchev–Trinajstić information content (AvgIpc) is 3.26. The first-order chi connectivity index (χ1) is 16.3. The Bertz CT molecular complexity index is 1580. The van der Waals surface area contributed by atoms with Crippen LogP contribution in [-0.4, -0.2) is 20.9 Å². The minimum absolute atomic E-state index is 0.220. The quantitative estimate of drug-likeness (QED) is 0.234. The van der Waals surface area contributed by atoms with Crippen molar-refractivity contribution in [2.24, 2.45) is 0 Å². The molecule has 0 aliphatic carbocycles. The summed E-state index contributed by atoms with van der Waals surface area (Å²) < 4.78 is 40.9. The molecule has 7 heteroatoms. The lowest BCUT2D eigenvalue weighted by Gasteiger charge is -2.08. The van der Waals surface area contributed by atoms with Crippen LogP contribution in [0.15, 0.2) is 91.1 Å². The second kappa shape index (κ2) is 8.19. The molecule has 0 saturated carbocycles. The number of halogens is 3. The molecule has 0 spiro atoms. The Morgan fingerprint density at radius 2 is 1.65 bits per heavy atom. The number of hydrogen-bond acceptors (Lipinski definition) is 2. The molecular weight excluding hydrogens is 441 g/mol. The Balaban J connectivity index is 1.66. The van der Waals surface area contributed by atoms with Crippen molar-refractivity contribution in [1.82, 2.24) is 9.78 Å². The number of aromatic nitrogens is 2. The predicted octanol–water partition coefficient (Wildman–Crippen LogP) is 6.96. The summed E-state index contributed by atoms with van der Waals surface area (Å²) in [5.41, 5.74) is 1.09. The van der Waals surface area contributed by atoms with Crippen LogP contribution in [0.25, 0.3) is 44.6 Å². The molecule has 0 saturated heterocycles. The number of hydrogen-bond donors (Lipinski definition) is 1. The summed E-state index contributed by atoms with van der Waals surface area (Å²) >= 11 is 0. The van der Waals surface area contributed by atoms with E-state index in [2.05, 4.69) is 5.10 Å². The van der Waals surface area contributed by atoms with Crippen LogP contribution in [-0.2, 0) is 11.0 Å². The number of benzene rings is 4. The average molecular weight is 458 g/mol. The smallest absolute Gasteiger partial charge is 0.416 e. The van der Waals surface area contributed by atoms with Crippen molar-refractivity contribution in [2.75, 3.05) is 0 Å². The molecule has 0 radical (unpaired) electrons. The Morgan fingerprint density at radius 1 is 0.882 bits per heavy atom. The number of carboxylic acid groups (broad SMARTS) is 1. The lowest BCUT2D eigenvalue weighted by molar-refractivity contribution is -0.137. The van der Waals surface area contributed by atoms with E-state index >= 15 is 0 Å². The van der Waals surface area contributed by atoms with E-state index in [-0.39, 0.29) is 5.69 Å². The molecule has 1 aromatic heterocycles. The van der Waals surface area contributed by atoms with Gasteiger partial charge in [0.15, 0.2) is 0 Å². The van der Waals surface area contributed by atoms with Gasteiger partial charge in [0.05, 0.1) is 16.9 Å². The third-order valence-corrected chi connectivity index (χ3v) is 5.60. The van der Waals surface area contributed by atoms with Gasteiger partial charge in [-0.1, -0.05) is 54.6 Å². The van der Waals surface area contributed by atoms with E-state index in [1.165, 1.54) is 29.1 Å². The Morgan fingerprint density at radius 3 is 2.44 bits per heavy atom. The van der Waals surface area contributed by atoms with E-state index in [0.29, 0.717) is 11.3 Å². The molecule has 0 amide bonds. The van der Waals surface area contributed by atoms with Gasteiger partial charge in [-0.2, -0.15) is 18.3 Å². The zero-order valence-corrected chi connectivity index (χ0v) is 17.6. The molecule has 0 fully saturated rings. The summed E-state index contributed by atoms with van der Waals surface area (Å²) in [5, 5.41) is 17.9. The Hall–Kier alpha value is -4.39. The van der Waals surface area contributed by atoms with Gasteiger partial charge >= 0.3 is 12.1 Å². The third kappa shape index (κ3) is 4.03. The maximum Gasteiger partial charge on any atom is 0.416 e. The van der Waals surface area contributed by atoms with Crippen LogP contribution in [0.3, 0.4) is 0 Å². The number of alkyl halides is 3. The van der Waals surface area contributed by atoms with Gasteiger partial charge in [0, 0.05) is 23.4 Å². The summed E-state index contributed by atoms with van der Waals surface area (Å²) in [6.07, 6.45) is -0.598. The second-order valence-corrected chi connectivity index (χ2v) is 7.82. The van der Waals surface area contributed by atoms with Crippen molar-refractivity contribution < 1.29 is 23.1 Å². The van der Waals surface area contributed by atoms with Gasteiger partial charge in [-0.15, -0.1) is 0 Å². The maximum atomic E-state index is 13.2. The van der Waals surface area contributed by atoms with Crippen molar-refractivity contribution in [3.63, 3.8) is 0 Å². The first-order valence-electron chi connectivity index (χ1n) is 10.4. The van der Waals surface area contributed by atoms with Crippen LogP contribution in [0.1, 0.15) is 11.1 Å². The Labute approximate surface area is 192 Å². The highest BCUT2D eigenvalue weighted by Gasteiger charge is 2.30. The van der Waals surface area contributed by atoms with Crippen LogP contribution in [0.5, 0.6) is 0 Å². The maximum absolute atomic E-state index is 13.2. The fraction of sp³-hybridized carbons (Fsp3) is 0.0370. The standard InChI is InChI=1S/C27H17F3N2O2/c28-27(29,30)21-5-3-6-22(15-21)32-16-20(11-13-25(33)34)26(31-32)19-10-12-24-18(14-19)9-8-17-4-1-2-7-23(17)24/h1-16H,(H,33,34)/b13-11+. The molecule has 5 aromatic rings. The number of fused-ring (bicyclic) bond motifs is 3. The van der Waals surface area contributed by atoms with Crippen LogP contribution in [0.4, 0.5) is 13.2 Å². The minimum Gasteiger partial charge on any atom is -0.478 e. The van der Waals surface area contributed by atoms with E-state index < -0.39 is 17.7 Å². The number of carboxylic acids is 1. The van der Waals surface area contributed by atoms with Gasteiger partial charge in [0.1, 0.15) is 0 Å². The van der Waals surface area contributed by atoms with Crippen LogP contribution in [0, 0.1) is 0 Å². The van der Waals surface area contributed by atoms with Crippen molar-refractivity contribution >= 4 is 33.6 Å². The Kier molecular flexibility index (Phi) is 5.17. The van der Waals surface area contributed by atoms with Gasteiger partial charge < -0.3 is 5.11 Å². The van der Waals surface area contributed by atoms with E-state index in [1.54, 1.807) is 0 Å². The topological polar surface area (TPSA) is 55.1 Å². The molecule has 0 aliphatic rings. The highest BCUT2D eigenvalue weighted by Crippen LogP contribution is 2.33. The summed E-state index contributed by atoms with van der Waals surface area (Å²) in [4.78, 5) is 11.1. The molecule has 0 aliphatic heterocycles. The normalized spacial score (nSPS) is 12.1. The highest BCUT2D eigenvalue weighted by atomic mass is 19.4. The lowest BCUT2D eigenvalue weighted by atomic mass is 9.98. The van der Waals surface area contributed by atoms with Gasteiger partial charge in [-0.3, -0.25) is 0 Å². The van der Waals surface area contributed by atoms with Gasteiger partial charge in [0.25, 0.3) is 0 Å². The monoisotopic (exact) mass is 458 g/mol. The molecule has 0 atom stereocenters. The number of nitrogens with zero attached hydrogens (tertiary/aromatic N) is 2. The first kappa shape index (κ1) is 21.5. The molecule has 0 bridgehead atoms. The molecule has 4 nitrogen and oxygen atoms in total. The number of rotatable bonds is 4. The third-order valence-electron chi connectivity index (χ3n) is 5.60. The molecule has 1 N–H and O–H groups in total. The molecule has 5 rings (SSSR count). The number of carbonyl (C=O) groups is 1. The SMILES string of the molecule is O=C(O)/C=C/c1cn(-c2cccc(C(F)(F)F)c2)nc1-c1ccc2c(ccc3ccccc32)c1. The van der Waals surface area contributed by atoms with E-state index in [0.717, 1.165) is 45.3 Å². The number of aliphatic carboxylic acids is 1. The summed E-state index contributed by atoms with van der Waals surface area (Å²) in [5.74, 6) is -1.14. The predicted molar refractivity (Wildman–Crippen MR) is 126 cm³/mol. The highest BCUT2D eigenvalue weighted by molar-refractivity contribution is 6.08. The molecule has 4 aromatic carbocycles. The van der Waals surface area contributed by atoms with Crippen molar-refractivity contribution in [1.29, 1.82) is 0 Å². The van der Waals surface area contributed by atoms with Crippen molar-refractivity contribution in [2.45, 2.75) is 6.18 Å². The zero-order chi connectivity index (χ0) is 23.9. The second-order valence-electron chi connectivity index (χ2n) is 7.82. The fourth-order valence-corrected chi connectivity index (χ4v) is 4.01. The first-order valence-corrected chi connectivity index (χ1v) is 10.4. The molecular formula is C27H17F3N2O2. The van der Waals surface area contributed by atoms with Gasteiger partial charge in [0.2, 0.25) is 0 Å². The summed E-state index contributed by atoms with van der Waals surface area (Å²) in [7, 11) is 0. The molecule has 168 valence electrons.